The molecule has 3 heterocycles. The van der Waals surface area contributed by atoms with Crippen molar-refractivity contribution in [3.63, 3.8) is 0 Å². The van der Waals surface area contributed by atoms with Gasteiger partial charge in [0.2, 0.25) is 0 Å². The predicted octanol–water partition coefficient (Wildman–Crippen LogP) is 12.3. The van der Waals surface area contributed by atoms with Crippen molar-refractivity contribution in [3.8, 4) is 34.0 Å². The van der Waals surface area contributed by atoms with E-state index in [1.807, 2.05) is 42.5 Å². The Bertz CT molecular complexity index is 2880. The van der Waals surface area contributed by atoms with Crippen molar-refractivity contribution in [2.24, 2.45) is 0 Å². The lowest BCUT2D eigenvalue weighted by atomic mass is 9.98. The highest BCUT2D eigenvalue weighted by Gasteiger charge is 2.17. The maximum atomic E-state index is 9.50. The molecule has 0 unspecified atom stereocenters. The molecule has 0 aliphatic rings. The molecule has 10 aromatic rings. The van der Waals surface area contributed by atoms with Gasteiger partial charge < -0.3 is 13.4 Å². The van der Waals surface area contributed by atoms with Gasteiger partial charge in [0.25, 0.3) is 0 Å². The van der Waals surface area contributed by atoms with Crippen LogP contribution in [0.2, 0.25) is 0 Å². The van der Waals surface area contributed by atoms with Crippen LogP contribution in [0.1, 0.15) is 5.56 Å². The second-order valence-corrected chi connectivity index (χ2v) is 12.4. The van der Waals surface area contributed by atoms with Crippen molar-refractivity contribution in [2.45, 2.75) is 0 Å². The van der Waals surface area contributed by atoms with E-state index in [4.69, 9.17) is 15.4 Å². The first-order chi connectivity index (χ1) is 24.1. The van der Waals surface area contributed by atoms with E-state index in [9.17, 15) is 5.26 Å². The van der Waals surface area contributed by atoms with Gasteiger partial charge in [-0.1, -0.05) is 48.5 Å². The first kappa shape index (κ1) is 27.1. The minimum absolute atomic E-state index is 0.596. The van der Waals surface area contributed by atoms with Crippen molar-refractivity contribution in [2.75, 3.05) is 0 Å². The molecule has 5 heteroatoms. The Morgan fingerprint density at radius 3 is 1.51 bits per heavy atom. The SMILES string of the molecule is [C-]#[N+]c1ccc2oc3ccc(-c4ccc5c(c4)c4cc(-c6ccc7oc8ccc(C#N)cc8c7c6)ccc4n5-c4ccccc4)cc3c2c1. The first-order valence-corrected chi connectivity index (χ1v) is 16.0. The first-order valence-electron chi connectivity index (χ1n) is 16.0. The molecule has 0 bridgehead atoms. The lowest BCUT2D eigenvalue weighted by molar-refractivity contribution is 0.668. The fourth-order valence-corrected chi connectivity index (χ4v) is 7.28. The van der Waals surface area contributed by atoms with Crippen molar-refractivity contribution >= 4 is 71.4 Å². The van der Waals surface area contributed by atoms with Crippen molar-refractivity contribution in [1.29, 1.82) is 5.26 Å². The van der Waals surface area contributed by atoms with E-state index in [-0.39, 0.29) is 0 Å². The molecule has 3 aromatic heterocycles. The molecular formula is C44H23N3O2. The molecule has 0 amide bonds. The smallest absolute Gasteiger partial charge is 0.188 e. The van der Waals surface area contributed by atoms with Crippen LogP contribution in [0.4, 0.5) is 5.69 Å². The van der Waals surface area contributed by atoms with E-state index < -0.39 is 0 Å². The monoisotopic (exact) mass is 625 g/mol. The van der Waals surface area contributed by atoms with Crippen LogP contribution in [0.25, 0.3) is 98.5 Å². The van der Waals surface area contributed by atoms with Crippen LogP contribution in [0, 0.1) is 17.9 Å². The predicted molar refractivity (Wildman–Crippen MR) is 197 cm³/mol. The summed E-state index contributed by atoms with van der Waals surface area (Å²) >= 11 is 0. The summed E-state index contributed by atoms with van der Waals surface area (Å²) in [6.07, 6.45) is 0. The van der Waals surface area contributed by atoms with Crippen LogP contribution < -0.4 is 0 Å². The van der Waals surface area contributed by atoms with E-state index >= 15 is 0 Å². The molecule has 5 nitrogen and oxygen atoms in total. The molecule has 226 valence electrons. The van der Waals surface area contributed by atoms with Gasteiger partial charge in [-0.2, -0.15) is 5.26 Å². The maximum Gasteiger partial charge on any atom is 0.188 e. The van der Waals surface area contributed by atoms with Gasteiger partial charge in [-0.05, 0) is 113 Å². The summed E-state index contributed by atoms with van der Waals surface area (Å²) in [5.41, 5.74) is 12.1. The maximum absolute atomic E-state index is 9.50. The van der Waals surface area contributed by atoms with E-state index in [0.717, 1.165) is 93.6 Å². The van der Waals surface area contributed by atoms with E-state index in [0.29, 0.717) is 11.3 Å². The van der Waals surface area contributed by atoms with Crippen LogP contribution >= 0.6 is 0 Å². The molecule has 0 atom stereocenters. The zero-order valence-corrected chi connectivity index (χ0v) is 25.9. The van der Waals surface area contributed by atoms with Crippen LogP contribution in [-0.2, 0) is 0 Å². The van der Waals surface area contributed by atoms with Gasteiger partial charge >= 0.3 is 0 Å². The second-order valence-electron chi connectivity index (χ2n) is 12.4. The highest BCUT2D eigenvalue weighted by molar-refractivity contribution is 6.13. The van der Waals surface area contributed by atoms with Crippen molar-refractivity contribution < 1.29 is 8.83 Å². The summed E-state index contributed by atoms with van der Waals surface area (Å²) < 4.78 is 14.5. The quantitative estimate of drug-likeness (QED) is 0.184. The van der Waals surface area contributed by atoms with Crippen molar-refractivity contribution in [1.82, 2.24) is 4.57 Å². The molecule has 0 aliphatic heterocycles. The fraction of sp³-hybridized carbons (Fsp3) is 0. The number of benzene rings is 7. The average molecular weight is 626 g/mol. The minimum atomic E-state index is 0.596. The van der Waals surface area contributed by atoms with Crippen LogP contribution in [0.15, 0.2) is 148 Å². The number of para-hydroxylation sites is 1. The zero-order chi connectivity index (χ0) is 32.6. The highest BCUT2D eigenvalue weighted by Crippen LogP contribution is 2.40. The van der Waals surface area contributed by atoms with Crippen LogP contribution in [-0.4, -0.2) is 4.57 Å². The molecule has 0 aliphatic carbocycles. The number of nitrogens with zero attached hydrogens (tertiary/aromatic N) is 3. The Morgan fingerprint density at radius 1 is 0.490 bits per heavy atom. The molecule has 0 saturated heterocycles. The normalized spacial score (nSPS) is 11.6. The standard InChI is InChI=1S/C44H23N3O2/c1-46-31-12-18-44-38(24-31)37-23-30(11-17-43(37)49-44)28-9-14-40-34(21-28)33-20-27(8-13-39(33)47(40)32-5-3-2-4-6-32)29-10-16-42-36(22-29)35-19-26(25-45)7-15-41(35)48-42/h2-24H. The van der Waals surface area contributed by atoms with Gasteiger partial charge in [-0.3, -0.25) is 0 Å². The lowest BCUT2D eigenvalue weighted by Crippen LogP contribution is -1.93. The highest BCUT2D eigenvalue weighted by atomic mass is 16.3. The topological polar surface area (TPSA) is 59.4 Å². The number of aromatic nitrogens is 1. The Hall–Kier alpha value is -7.08. The number of rotatable bonds is 3. The fourth-order valence-electron chi connectivity index (χ4n) is 7.28. The largest absolute Gasteiger partial charge is 0.456 e. The van der Waals surface area contributed by atoms with E-state index in [1.54, 1.807) is 12.1 Å². The van der Waals surface area contributed by atoms with Crippen LogP contribution in [0.3, 0.4) is 0 Å². The van der Waals surface area contributed by atoms with Crippen molar-refractivity contribution in [3.05, 3.63) is 157 Å². The van der Waals surface area contributed by atoms with Gasteiger partial charge in [-0.25, -0.2) is 4.85 Å². The number of hydrogen-bond acceptors (Lipinski definition) is 3. The summed E-state index contributed by atoms with van der Waals surface area (Å²) in [4.78, 5) is 3.63. The Balaban J connectivity index is 1.18. The zero-order valence-electron chi connectivity index (χ0n) is 25.9. The Morgan fingerprint density at radius 2 is 0.959 bits per heavy atom. The molecule has 7 aromatic carbocycles. The third kappa shape index (κ3) is 4.10. The minimum Gasteiger partial charge on any atom is -0.456 e. The third-order valence-corrected chi connectivity index (χ3v) is 9.63. The second kappa shape index (κ2) is 10.2. The number of fused-ring (bicyclic) bond motifs is 9. The number of furan rings is 2. The van der Waals surface area contributed by atoms with Crippen LogP contribution in [0.5, 0.6) is 0 Å². The summed E-state index contributed by atoms with van der Waals surface area (Å²) in [6.45, 7) is 7.49. The number of hydrogen-bond donors (Lipinski definition) is 0. The third-order valence-electron chi connectivity index (χ3n) is 9.63. The lowest BCUT2D eigenvalue weighted by Gasteiger charge is -2.08. The van der Waals surface area contributed by atoms with Gasteiger partial charge in [-0.15, -0.1) is 0 Å². The van der Waals surface area contributed by atoms with Gasteiger partial charge in [0.15, 0.2) is 5.69 Å². The Labute approximate surface area is 279 Å². The number of nitriles is 1. The van der Waals surface area contributed by atoms with Gasteiger partial charge in [0.05, 0.1) is 29.2 Å². The molecule has 0 fully saturated rings. The average Bonchev–Trinajstić information content (AvgIpc) is 3.82. The van der Waals surface area contributed by atoms with E-state index in [1.165, 1.54) is 0 Å². The van der Waals surface area contributed by atoms with E-state index in [2.05, 4.69) is 100 Å². The molecule has 10 rings (SSSR count). The summed E-state index contributed by atoms with van der Waals surface area (Å²) in [5.74, 6) is 0. The van der Waals surface area contributed by atoms with Gasteiger partial charge in [0.1, 0.15) is 22.3 Å². The Kier molecular flexibility index (Phi) is 5.64. The molecule has 0 spiro atoms. The summed E-state index contributed by atoms with van der Waals surface area (Å²) in [6, 6.07) is 49.8. The molecule has 49 heavy (non-hydrogen) atoms. The van der Waals surface area contributed by atoms with Gasteiger partial charge in [0, 0.05) is 38.0 Å². The molecular weight excluding hydrogens is 603 g/mol. The molecule has 0 saturated carbocycles. The summed E-state index contributed by atoms with van der Waals surface area (Å²) in [5, 5.41) is 15.7. The molecule has 0 radical (unpaired) electrons. The molecule has 0 N–H and O–H groups in total. The summed E-state index contributed by atoms with van der Waals surface area (Å²) in [7, 11) is 0.